The highest BCUT2D eigenvalue weighted by atomic mass is 35.5. The van der Waals surface area contributed by atoms with Gasteiger partial charge in [0.25, 0.3) is 0 Å². The lowest BCUT2D eigenvalue weighted by Crippen LogP contribution is -2.35. The van der Waals surface area contributed by atoms with Crippen molar-refractivity contribution in [3.63, 3.8) is 0 Å². The summed E-state index contributed by atoms with van der Waals surface area (Å²) >= 11 is 6.06. The predicted octanol–water partition coefficient (Wildman–Crippen LogP) is 2.32. The van der Waals surface area contributed by atoms with Crippen LogP contribution in [0.1, 0.15) is 18.7 Å². The Hall–Kier alpha value is -1.10. The van der Waals surface area contributed by atoms with Crippen LogP contribution in [0.4, 0.5) is 0 Å². The minimum absolute atomic E-state index is 0.302. The molecule has 1 fully saturated rings. The van der Waals surface area contributed by atoms with Gasteiger partial charge in [-0.25, -0.2) is 4.98 Å². The molecule has 1 saturated heterocycles. The van der Waals surface area contributed by atoms with Crippen molar-refractivity contribution in [2.75, 3.05) is 19.8 Å². The zero-order valence-electron chi connectivity index (χ0n) is 11.2. The van der Waals surface area contributed by atoms with Gasteiger partial charge in [-0.1, -0.05) is 18.5 Å². The highest BCUT2D eigenvalue weighted by Gasteiger charge is 2.32. The highest BCUT2D eigenvalue weighted by Crippen LogP contribution is 2.28. The van der Waals surface area contributed by atoms with Crippen LogP contribution in [0.15, 0.2) is 18.2 Å². The van der Waals surface area contributed by atoms with Gasteiger partial charge in [0.15, 0.2) is 0 Å². The fourth-order valence-electron chi connectivity index (χ4n) is 2.79. The number of likely N-dealkylation sites (N-methyl/N-ethyl adjacent to an activating group) is 1. The molecule has 3 rings (SSSR count). The van der Waals surface area contributed by atoms with Crippen molar-refractivity contribution in [1.29, 1.82) is 0 Å². The van der Waals surface area contributed by atoms with Gasteiger partial charge in [-0.2, -0.15) is 0 Å². The Labute approximate surface area is 117 Å². The maximum atomic E-state index is 6.06. The fourth-order valence-corrected chi connectivity index (χ4v) is 2.95. The molecule has 2 aromatic rings. The van der Waals surface area contributed by atoms with E-state index in [9.17, 15) is 0 Å². The molecule has 19 heavy (non-hydrogen) atoms. The van der Waals surface area contributed by atoms with E-state index < -0.39 is 0 Å². The Kier molecular flexibility index (Phi) is 3.48. The second kappa shape index (κ2) is 5.12. The summed E-state index contributed by atoms with van der Waals surface area (Å²) < 4.78 is 7.74. The van der Waals surface area contributed by atoms with Crippen LogP contribution in [0.2, 0.25) is 5.02 Å². The Morgan fingerprint density at radius 1 is 1.47 bits per heavy atom. The summed E-state index contributed by atoms with van der Waals surface area (Å²) in [6, 6.07) is 6.16. The second-order valence-corrected chi connectivity index (χ2v) is 5.41. The Bertz CT molecular complexity index is 596. The van der Waals surface area contributed by atoms with Crippen LogP contribution in [0, 0.1) is 0 Å². The molecule has 0 bridgehead atoms. The Balaban J connectivity index is 2.02. The van der Waals surface area contributed by atoms with Gasteiger partial charge in [-0.3, -0.25) is 0 Å². The number of rotatable bonds is 3. The van der Waals surface area contributed by atoms with Crippen molar-refractivity contribution in [2.45, 2.75) is 18.9 Å². The summed E-state index contributed by atoms with van der Waals surface area (Å²) in [5.74, 6) is 1.37. The van der Waals surface area contributed by atoms with Crippen LogP contribution in [0.3, 0.4) is 0 Å². The molecule has 1 aliphatic rings. The van der Waals surface area contributed by atoms with Gasteiger partial charge in [0.1, 0.15) is 5.82 Å². The number of benzene rings is 1. The zero-order valence-corrected chi connectivity index (χ0v) is 11.9. The van der Waals surface area contributed by atoms with Crippen LogP contribution >= 0.6 is 11.6 Å². The van der Waals surface area contributed by atoms with Crippen LogP contribution in [-0.2, 0) is 11.8 Å². The van der Waals surface area contributed by atoms with Crippen molar-refractivity contribution >= 4 is 22.6 Å². The average Bonchev–Trinajstić information content (AvgIpc) is 2.96. The molecular formula is C14H18ClN3O. The lowest BCUT2D eigenvalue weighted by atomic mass is 10.0. The first-order valence-electron chi connectivity index (χ1n) is 6.63. The van der Waals surface area contributed by atoms with E-state index >= 15 is 0 Å². The zero-order chi connectivity index (χ0) is 13.4. The van der Waals surface area contributed by atoms with Crippen LogP contribution in [-0.4, -0.2) is 35.4 Å². The van der Waals surface area contributed by atoms with Crippen LogP contribution < -0.4 is 5.32 Å². The van der Waals surface area contributed by atoms with Gasteiger partial charge in [0, 0.05) is 18.1 Å². The minimum Gasteiger partial charge on any atom is -0.379 e. The molecule has 1 aromatic heterocycles. The monoisotopic (exact) mass is 279 g/mol. The summed E-state index contributed by atoms with van der Waals surface area (Å²) in [5, 5.41) is 4.22. The third kappa shape index (κ3) is 2.24. The number of imidazole rings is 1. The van der Waals surface area contributed by atoms with E-state index in [0.29, 0.717) is 12.0 Å². The van der Waals surface area contributed by atoms with Crippen LogP contribution in [0.5, 0.6) is 0 Å². The molecule has 0 radical (unpaired) electrons. The van der Waals surface area contributed by atoms with E-state index in [4.69, 9.17) is 21.3 Å². The van der Waals surface area contributed by atoms with Gasteiger partial charge in [-0.05, 0) is 24.7 Å². The fraction of sp³-hybridized carbons (Fsp3) is 0.500. The summed E-state index contributed by atoms with van der Waals surface area (Å²) in [6.45, 7) is 4.54. The van der Waals surface area contributed by atoms with Gasteiger partial charge in [0.05, 0.1) is 30.2 Å². The topological polar surface area (TPSA) is 39.1 Å². The van der Waals surface area contributed by atoms with E-state index in [-0.39, 0.29) is 0 Å². The minimum atomic E-state index is 0.302. The molecule has 0 aliphatic carbocycles. The number of ether oxygens (including phenoxy) is 1. The molecule has 102 valence electrons. The quantitative estimate of drug-likeness (QED) is 0.937. The Morgan fingerprint density at radius 3 is 3.11 bits per heavy atom. The lowest BCUT2D eigenvalue weighted by Gasteiger charge is -2.17. The molecule has 1 aromatic carbocycles. The summed E-state index contributed by atoms with van der Waals surface area (Å²) in [4.78, 5) is 4.75. The first kappa shape index (κ1) is 12.9. The molecule has 4 nitrogen and oxygen atoms in total. The maximum absolute atomic E-state index is 6.06. The standard InChI is InChI=1S/C14H18ClN3O/c1-3-16-12-8-19-7-10(12)14-17-11-5-4-9(15)6-13(11)18(14)2/h4-6,10,12,16H,3,7-8H2,1-2H3. The summed E-state index contributed by atoms with van der Waals surface area (Å²) in [5.41, 5.74) is 2.06. The lowest BCUT2D eigenvalue weighted by molar-refractivity contribution is 0.187. The van der Waals surface area contributed by atoms with Crippen molar-refractivity contribution < 1.29 is 4.74 Å². The van der Waals surface area contributed by atoms with Crippen molar-refractivity contribution in [3.8, 4) is 0 Å². The summed E-state index contributed by atoms with van der Waals surface area (Å²) in [6.07, 6.45) is 0. The SMILES string of the molecule is CCNC1COCC1c1nc2ccc(Cl)cc2n1C. The van der Waals surface area contributed by atoms with Gasteiger partial charge < -0.3 is 14.6 Å². The van der Waals surface area contributed by atoms with Crippen molar-refractivity contribution in [2.24, 2.45) is 7.05 Å². The van der Waals surface area contributed by atoms with E-state index in [0.717, 1.165) is 41.6 Å². The normalized spacial score (nSPS) is 23.3. The number of halogens is 1. The van der Waals surface area contributed by atoms with Crippen LogP contribution in [0.25, 0.3) is 11.0 Å². The third-order valence-corrected chi connectivity index (χ3v) is 3.99. The first-order valence-corrected chi connectivity index (χ1v) is 7.01. The maximum Gasteiger partial charge on any atom is 0.116 e. The number of hydrogen-bond donors (Lipinski definition) is 1. The number of fused-ring (bicyclic) bond motifs is 1. The molecule has 0 spiro atoms. The molecule has 5 heteroatoms. The molecule has 2 atom stereocenters. The van der Waals surface area contributed by atoms with E-state index in [1.54, 1.807) is 0 Å². The largest absolute Gasteiger partial charge is 0.379 e. The van der Waals surface area contributed by atoms with Crippen molar-refractivity contribution in [1.82, 2.24) is 14.9 Å². The highest BCUT2D eigenvalue weighted by molar-refractivity contribution is 6.31. The number of aryl methyl sites for hydroxylation is 1. The number of hydrogen-bond acceptors (Lipinski definition) is 3. The Morgan fingerprint density at radius 2 is 2.32 bits per heavy atom. The summed E-state index contributed by atoms with van der Waals surface area (Å²) in [7, 11) is 2.04. The first-order chi connectivity index (χ1) is 9.20. The molecule has 1 aliphatic heterocycles. The predicted molar refractivity (Wildman–Crippen MR) is 76.7 cm³/mol. The number of aromatic nitrogens is 2. The average molecular weight is 280 g/mol. The van der Waals surface area contributed by atoms with E-state index in [1.807, 2.05) is 25.2 Å². The molecule has 1 N–H and O–H groups in total. The smallest absolute Gasteiger partial charge is 0.116 e. The van der Waals surface area contributed by atoms with Gasteiger partial charge >= 0.3 is 0 Å². The molecule has 2 heterocycles. The van der Waals surface area contributed by atoms with E-state index in [1.165, 1.54) is 0 Å². The molecular weight excluding hydrogens is 262 g/mol. The third-order valence-electron chi connectivity index (χ3n) is 3.76. The van der Waals surface area contributed by atoms with Gasteiger partial charge in [0.2, 0.25) is 0 Å². The number of nitrogens with one attached hydrogen (secondary N) is 1. The van der Waals surface area contributed by atoms with Crippen molar-refractivity contribution in [3.05, 3.63) is 29.0 Å². The molecule has 2 unspecified atom stereocenters. The van der Waals surface area contributed by atoms with E-state index in [2.05, 4.69) is 16.8 Å². The molecule has 0 saturated carbocycles. The second-order valence-electron chi connectivity index (χ2n) is 4.97. The molecule has 0 amide bonds. The van der Waals surface area contributed by atoms with Gasteiger partial charge in [-0.15, -0.1) is 0 Å². The number of nitrogens with zero attached hydrogens (tertiary/aromatic N) is 2.